The number of esters is 3. The van der Waals surface area contributed by atoms with E-state index >= 15 is 0 Å². The Morgan fingerprint density at radius 1 is 0.333 bits per heavy atom. The van der Waals surface area contributed by atoms with Crippen molar-refractivity contribution in [3.63, 3.8) is 0 Å². The average Bonchev–Trinajstić information content (AvgIpc) is 3.28. The Bertz CT molecular complexity index is 1280. The van der Waals surface area contributed by atoms with Gasteiger partial charge < -0.3 is 14.2 Å². The third kappa shape index (κ3) is 49.2. The number of allylic oxidation sites excluding steroid dienone is 16. The fourth-order valence-electron chi connectivity index (χ4n) is 6.81. The van der Waals surface area contributed by atoms with E-state index < -0.39 is 6.10 Å². The number of unbranched alkanes of at least 4 members (excludes halogenated alkanes) is 23. The van der Waals surface area contributed by atoms with Crippen molar-refractivity contribution in [3.8, 4) is 0 Å². The molecule has 0 saturated carbocycles. The lowest BCUT2D eigenvalue weighted by atomic mass is 10.1. The minimum Gasteiger partial charge on any atom is -0.462 e. The Kier molecular flexibility index (Phi) is 48.0. The first kappa shape index (κ1) is 59.3. The smallest absolute Gasteiger partial charge is 0.306 e. The molecule has 0 N–H and O–H groups in total. The van der Waals surface area contributed by atoms with Gasteiger partial charge >= 0.3 is 17.9 Å². The Morgan fingerprint density at radius 3 is 1.13 bits per heavy atom. The van der Waals surface area contributed by atoms with Gasteiger partial charge in [0.25, 0.3) is 0 Å². The van der Waals surface area contributed by atoms with Crippen LogP contribution in [0.2, 0.25) is 0 Å². The van der Waals surface area contributed by atoms with E-state index in [9.17, 15) is 14.4 Å². The number of carbonyl (C=O) groups is 3. The van der Waals surface area contributed by atoms with Crippen LogP contribution < -0.4 is 0 Å². The quantitative estimate of drug-likeness (QED) is 0.0199. The van der Waals surface area contributed by atoms with E-state index in [0.717, 1.165) is 64.2 Å². The first-order valence-electron chi connectivity index (χ1n) is 25.8. The molecule has 63 heavy (non-hydrogen) atoms. The zero-order valence-corrected chi connectivity index (χ0v) is 40.8. The third-order valence-corrected chi connectivity index (χ3v) is 10.7. The average molecular weight is 875 g/mol. The summed E-state index contributed by atoms with van der Waals surface area (Å²) in [5, 5.41) is 0. The summed E-state index contributed by atoms with van der Waals surface area (Å²) in [4.78, 5) is 37.9. The van der Waals surface area contributed by atoms with Crippen LogP contribution in [0.15, 0.2) is 97.2 Å². The van der Waals surface area contributed by atoms with Crippen LogP contribution >= 0.6 is 0 Å². The van der Waals surface area contributed by atoms with E-state index in [4.69, 9.17) is 14.2 Å². The van der Waals surface area contributed by atoms with Crippen molar-refractivity contribution in [3.05, 3.63) is 97.2 Å². The molecule has 0 aliphatic rings. The van der Waals surface area contributed by atoms with Gasteiger partial charge in [-0.25, -0.2) is 0 Å². The number of carbonyl (C=O) groups excluding carboxylic acids is 3. The Morgan fingerprint density at radius 2 is 0.651 bits per heavy atom. The van der Waals surface area contributed by atoms with Gasteiger partial charge in [-0.2, -0.15) is 0 Å². The monoisotopic (exact) mass is 875 g/mol. The van der Waals surface area contributed by atoms with Crippen molar-refractivity contribution in [1.82, 2.24) is 0 Å². The number of rotatable bonds is 45. The SMILES string of the molecule is CC\C=C/C=C\C=C/C=C\C=C/CCCC(=O)OC(COC(=O)CCCCC/C=C\CCCCCCCC)COC(=O)CCCCCCCCCCCC/C=C\C=C/CCCCC. The maximum absolute atomic E-state index is 12.7. The highest BCUT2D eigenvalue weighted by molar-refractivity contribution is 5.71. The largest absolute Gasteiger partial charge is 0.462 e. The molecule has 6 heteroatoms. The van der Waals surface area contributed by atoms with Crippen LogP contribution in [-0.4, -0.2) is 37.2 Å². The van der Waals surface area contributed by atoms with E-state index in [-0.39, 0.29) is 37.5 Å². The molecule has 1 unspecified atom stereocenters. The van der Waals surface area contributed by atoms with E-state index in [1.807, 2.05) is 54.7 Å². The van der Waals surface area contributed by atoms with Crippen LogP contribution in [0.3, 0.4) is 0 Å². The molecule has 0 heterocycles. The lowest BCUT2D eigenvalue weighted by Crippen LogP contribution is -2.30. The van der Waals surface area contributed by atoms with Gasteiger partial charge in [0, 0.05) is 19.3 Å². The normalized spacial score (nSPS) is 12.9. The van der Waals surface area contributed by atoms with Crippen LogP contribution in [0.5, 0.6) is 0 Å². The maximum atomic E-state index is 12.7. The molecule has 1 atom stereocenters. The van der Waals surface area contributed by atoms with Gasteiger partial charge in [0.1, 0.15) is 13.2 Å². The van der Waals surface area contributed by atoms with Gasteiger partial charge in [0.2, 0.25) is 0 Å². The number of hydrogen-bond acceptors (Lipinski definition) is 6. The molecule has 358 valence electrons. The van der Waals surface area contributed by atoms with Gasteiger partial charge in [0.15, 0.2) is 6.10 Å². The van der Waals surface area contributed by atoms with E-state index in [1.165, 1.54) is 116 Å². The van der Waals surface area contributed by atoms with Crippen molar-refractivity contribution >= 4 is 17.9 Å². The van der Waals surface area contributed by atoms with E-state index in [1.54, 1.807) is 0 Å². The van der Waals surface area contributed by atoms with Gasteiger partial charge in [-0.15, -0.1) is 0 Å². The molecule has 0 bridgehead atoms. The van der Waals surface area contributed by atoms with Crippen LogP contribution in [-0.2, 0) is 28.6 Å². The first-order chi connectivity index (χ1) is 31.0. The van der Waals surface area contributed by atoms with Gasteiger partial charge in [-0.1, -0.05) is 221 Å². The molecular formula is C57H94O6. The predicted octanol–water partition coefficient (Wildman–Crippen LogP) is 17.0. The van der Waals surface area contributed by atoms with Gasteiger partial charge in [0.05, 0.1) is 0 Å². The lowest BCUT2D eigenvalue weighted by molar-refractivity contribution is -0.167. The second kappa shape index (κ2) is 51.0. The summed E-state index contributed by atoms with van der Waals surface area (Å²) in [6.45, 7) is 6.37. The molecule has 0 aromatic carbocycles. The molecule has 0 aromatic heterocycles. The van der Waals surface area contributed by atoms with Crippen LogP contribution in [0.4, 0.5) is 0 Å². The van der Waals surface area contributed by atoms with Crippen LogP contribution in [0, 0.1) is 0 Å². The minimum atomic E-state index is -0.822. The molecule has 0 spiro atoms. The fraction of sp³-hybridized carbons (Fsp3) is 0.667. The summed E-state index contributed by atoms with van der Waals surface area (Å²) in [5.41, 5.74) is 0. The first-order valence-corrected chi connectivity index (χ1v) is 25.8. The predicted molar refractivity (Wildman–Crippen MR) is 270 cm³/mol. The zero-order chi connectivity index (χ0) is 45.8. The summed E-state index contributed by atoms with van der Waals surface area (Å²) in [7, 11) is 0. The van der Waals surface area contributed by atoms with E-state index in [2.05, 4.69) is 63.3 Å². The standard InChI is InChI=1S/C57H94O6/c1-4-7-10-13-16-19-22-25-26-27-28-29-30-33-35-38-41-44-47-50-56(59)62-53-54(63-57(60)51-48-45-42-39-36-32-24-21-18-15-12-9-6-3)52-61-55(58)49-46-43-40-37-34-31-23-20-17-14-11-8-5-2/h9,12,15-16,18-19,21-22,24-25,31-32,34,36,39,42,54H,4-8,10-11,13-14,17,20,23,26-30,33,35,37-38,40-41,43-53H2,1-3H3/b12-9-,18-15-,19-16-,24-21-,25-22-,34-31-,36-32-,42-39-. The molecule has 0 fully saturated rings. The fourth-order valence-corrected chi connectivity index (χ4v) is 6.81. The van der Waals surface area contributed by atoms with Crippen LogP contribution in [0.1, 0.15) is 226 Å². The molecule has 6 nitrogen and oxygen atoms in total. The molecular weight excluding hydrogens is 781 g/mol. The highest BCUT2D eigenvalue weighted by Crippen LogP contribution is 2.14. The second-order valence-corrected chi connectivity index (χ2v) is 16.8. The third-order valence-electron chi connectivity index (χ3n) is 10.7. The van der Waals surface area contributed by atoms with Crippen molar-refractivity contribution in [2.24, 2.45) is 0 Å². The molecule has 0 saturated heterocycles. The zero-order valence-electron chi connectivity index (χ0n) is 40.8. The Labute approximate surface area is 387 Å². The van der Waals surface area contributed by atoms with Crippen molar-refractivity contribution in [1.29, 1.82) is 0 Å². The second-order valence-electron chi connectivity index (χ2n) is 16.8. The maximum Gasteiger partial charge on any atom is 0.306 e. The molecule has 0 radical (unpaired) electrons. The van der Waals surface area contributed by atoms with Crippen molar-refractivity contribution in [2.45, 2.75) is 232 Å². The topological polar surface area (TPSA) is 78.9 Å². The Balaban J connectivity index is 4.46. The highest BCUT2D eigenvalue weighted by atomic mass is 16.6. The summed E-state index contributed by atoms with van der Waals surface area (Å²) >= 11 is 0. The van der Waals surface area contributed by atoms with Gasteiger partial charge in [-0.05, 0) is 83.5 Å². The highest BCUT2D eigenvalue weighted by Gasteiger charge is 2.19. The van der Waals surface area contributed by atoms with Crippen molar-refractivity contribution in [2.75, 3.05) is 13.2 Å². The molecule has 0 rings (SSSR count). The number of hydrogen-bond donors (Lipinski definition) is 0. The van der Waals surface area contributed by atoms with Gasteiger partial charge in [-0.3, -0.25) is 14.4 Å². The lowest BCUT2D eigenvalue weighted by Gasteiger charge is -2.18. The molecule has 0 aliphatic heterocycles. The van der Waals surface area contributed by atoms with Crippen LogP contribution in [0.25, 0.3) is 0 Å². The minimum absolute atomic E-state index is 0.113. The molecule has 0 aromatic rings. The summed E-state index contributed by atoms with van der Waals surface area (Å²) < 4.78 is 16.7. The van der Waals surface area contributed by atoms with E-state index in [0.29, 0.717) is 19.3 Å². The Hall–Kier alpha value is -3.67. The summed E-state index contributed by atoms with van der Waals surface area (Å²) in [6, 6.07) is 0. The molecule has 0 aliphatic carbocycles. The number of ether oxygens (including phenoxy) is 3. The van der Waals surface area contributed by atoms with Crippen molar-refractivity contribution < 1.29 is 28.6 Å². The molecule has 0 amide bonds. The summed E-state index contributed by atoms with van der Waals surface area (Å²) in [5.74, 6) is -1.01. The summed E-state index contributed by atoms with van der Waals surface area (Å²) in [6.07, 6.45) is 66.9.